The Balaban J connectivity index is 1.57. The fourth-order valence-electron chi connectivity index (χ4n) is 2.40. The molecule has 1 aromatic carbocycles. The first kappa shape index (κ1) is 17.8. The highest BCUT2D eigenvalue weighted by atomic mass is 32.2. The van der Waals surface area contributed by atoms with Crippen molar-refractivity contribution >= 4 is 45.6 Å². The molecule has 1 aromatic heterocycles. The van der Waals surface area contributed by atoms with Gasteiger partial charge in [-0.15, -0.1) is 10.2 Å². The number of amides is 1. The number of anilines is 2. The molecule has 25 heavy (non-hydrogen) atoms. The number of benzene rings is 1. The number of hydrogen-bond donors (Lipinski definition) is 2. The Morgan fingerprint density at radius 1 is 1.44 bits per heavy atom. The number of ether oxygens (including phenoxy) is 1. The molecule has 1 aliphatic rings. The zero-order chi connectivity index (χ0) is 17.8. The summed E-state index contributed by atoms with van der Waals surface area (Å²) in [5.41, 5.74) is 2.27. The van der Waals surface area contributed by atoms with E-state index in [4.69, 9.17) is 4.74 Å². The van der Waals surface area contributed by atoms with Crippen LogP contribution < -0.4 is 10.6 Å². The summed E-state index contributed by atoms with van der Waals surface area (Å²) in [4.78, 5) is 24.1. The molecule has 0 unspecified atom stereocenters. The van der Waals surface area contributed by atoms with E-state index in [1.165, 1.54) is 23.1 Å². The number of fused-ring (bicyclic) bond motifs is 1. The third-order valence-electron chi connectivity index (χ3n) is 3.81. The molecular weight excluding hydrogens is 360 g/mol. The minimum absolute atomic E-state index is 0.00319. The molecule has 0 aliphatic carbocycles. The maximum atomic E-state index is 12.4. The molecule has 1 atom stereocenters. The van der Waals surface area contributed by atoms with Gasteiger partial charge in [0.15, 0.2) is 10.1 Å². The largest absolute Gasteiger partial charge is 0.383 e. The highest BCUT2D eigenvalue weighted by molar-refractivity contribution is 8.01. The van der Waals surface area contributed by atoms with E-state index in [9.17, 15) is 9.59 Å². The lowest BCUT2D eigenvalue weighted by atomic mass is 9.99. The fourth-order valence-corrected chi connectivity index (χ4v) is 4.07. The fraction of sp³-hybridized carbons (Fsp3) is 0.375. The Morgan fingerprint density at radius 2 is 2.28 bits per heavy atom. The molecule has 2 aromatic rings. The highest BCUT2D eigenvalue weighted by Crippen LogP contribution is 2.33. The van der Waals surface area contributed by atoms with Crippen LogP contribution in [0.1, 0.15) is 28.8 Å². The van der Waals surface area contributed by atoms with Gasteiger partial charge in [0.05, 0.1) is 18.3 Å². The van der Waals surface area contributed by atoms with Gasteiger partial charge >= 0.3 is 0 Å². The summed E-state index contributed by atoms with van der Waals surface area (Å²) in [5.74, 6) is 0.0282. The molecule has 0 radical (unpaired) electrons. The van der Waals surface area contributed by atoms with Crippen molar-refractivity contribution in [3.8, 4) is 0 Å². The second-order valence-corrected chi connectivity index (χ2v) is 7.72. The predicted octanol–water partition coefficient (Wildman–Crippen LogP) is 2.63. The second kappa shape index (κ2) is 7.94. The van der Waals surface area contributed by atoms with E-state index in [-0.39, 0.29) is 23.4 Å². The van der Waals surface area contributed by atoms with Crippen LogP contribution in [-0.2, 0) is 9.53 Å². The first-order valence-corrected chi connectivity index (χ1v) is 9.56. The summed E-state index contributed by atoms with van der Waals surface area (Å²) >= 11 is 2.77. The topological polar surface area (TPSA) is 93.2 Å². The standard InChI is InChI=1S/C16H18N4O3S2/c1-9-11-7-10(3-4-12(11)18-14(9)22)13(21)8-24-16-20-19-15(25-16)17-5-6-23-2/h3-4,7,9H,5-6,8H2,1-2H3,(H,17,19)(H,18,22)/t9-/m0/s1. The Labute approximate surface area is 153 Å². The number of rotatable bonds is 8. The Morgan fingerprint density at radius 3 is 3.08 bits per heavy atom. The first-order chi connectivity index (χ1) is 12.1. The minimum atomic E-state index is -0.223. The van der Waals surface area contributed by atoms with Gasteiger partial charge in [0.2, 0.25) is 11.0 Å². The average Bonchev–Trinajstić information content (AvgIpc) is 3.18. The molecule has 3 rings (SSSR count). The number of methoxy groups -OCH3 is 1. The number of thioether (sulfide) groups is 1. The number of carbonyl (C=O) groups excluding carboxylic acids is 2. The Kier molecular flexibility index (Phi) is 5.67. The summed E-state index contributed by atoms with van der Waals surface area (Å²) < 4.78 is 5.70. The number of carbonyl (C=O) groups is 2. The lowest BCUT2D eigenvalue weighted by Crippen LogP contribution is -2.08. The van der Waals surface area contributed by atoms with Crippen LogP contribution in [-0.4, -0.2) is 47.9 Å². The molecule has 0 saturated carbocycles. The number of Topliss-reactive ketones (excluding diaryl/α,β-unsaturated/α-hetero) is 1. The van der Waals surface area contributed by atoms with E-state index < -0.39 is 0 Å². The van der Waals surface area contributed by atoms with Crippen molar-refractivity contribution in [2.24, 2.45) is 0 Å². The zero-order valence-electron chi connectivity index (χ0n) is 13.9. The van der Waals surface area contributed by atoms with Gasteiger partial charge in [-0.1, -0.05) is 23.1 Å². The van der Waals surface area contributed by atoms with Crippen LogP contribution in [0, 0.1) is 0 Å². The molecular formula is C16H18N4O3S2. The number of hydrogen-bond acceptors (Lipinski definition) is 8. The Hall–Kier alpha value is -1.97. The van der Waals surface area contributed by atoms with Crippen molar-refractivity contribution in [2.75, 3.05) is 36.6 Å². The van der Waals surface area contributed by atoms with Crippen LogP contribution in [0.2, 0.25) is 0 Å². The minimum Gasteiger partial charge on any atom is -0.383 e. The summed E-state index contributed by atoms with van der Waals surface area (Å²) in [6.07, 6.45) is 0. The van der Waals surface area contributed by atoms with Crippen LogP contribution in [0.4, 0.5) is 10.8 Å². The van der Waals surface area contributed by atoms with E-state index >= 15 is 0 Å². The van der Waals surface area contributed by atoms with Gasteiger partial charge in [0, 0.05) is 24.9 Å². The predicted molar refractivity (Wildman–Crippen MR) is 98.8 cm³/mol. The first-order valence-electron chi connectivity index (χ1n) is 7.75. The second-order valence-electron chi connectivity index (χ2n) is 5.52. The number of aromatic nitrogens is 2. The van der Waals surface area contributed by atoms with E-state index in [2.05, 4.69) is 20.8 Å². The van der Waals surface area contributed by atoms with Crippen molar-refractivity contribution in [3.05, 3.63) is 29.3 Å². The van der Waals surface area contributed by atoms with E-state index in [0.29, 0.717) is 23.8 Å². The molecule has 9 heteroatoms. The summed E-state index contributed by atoms with van der Waals surface area (Å²) in [7, 11) is 1.64. The van der Waals surface area contributed by atoms with Crippen molar-refractivity contribution in [1.82, 2.24) is 10.2 Å². The third-order valence-corrected chi connectivity index (χ3v) is 5.82. The molecule has 1 aliphatic heterocycles. The molecule has 0 saturated heterocycles. The maximum absolute atomic E-state index is 12.4. The lowest BCUT2D eigenvalue weighted by molar-refractivity contribution is -0.116. The van der Waals surface area contributed by atoms with E-state index in [0.717, 1.165) is 15.6 Å². The summed E-state index contributed by atoms with van der Waals surface area (Å²) in [5, 5.41) is 14.7. The molecule has 2 N–H and O–H groups in total. The molecule has 2 heterocycles. The summed E-state index contributed by atoms with van der Waals surface area (Å²) in [6.45, 7) is 3.09. The van der Waals surface area contributed by atoms with Gasteiger partial charge in [0.25, 0.3) is 0 Å². The van der Waals surface area contributed by atoms with Gasteiger partial charge in [-0.2, -0.15) is 0 Å². The Bertz CT molecular complexity index is 793. The van der Waals surface area contributed by atoms with Crippen LogP contribution in [0.3, 0.4) is 0 Å². The van der Waals surface area contributed by atoms with Crippen LogP contribution in [0.25, 0.3) is 0 Å². The molecule has 132 valence electrons. The smallest absolute Gasteiger partial charge is 0.231 e. The van der Waals surface area contributed by atoms with E-state index in [1.807, 2.05) is 6.92 Å². The molecule has 0 spiro atoms. The van der Waals surface area contributed by atoms with Gasteiger partial charge in [-0.05, 0) is 30.7 Å². The normalized spacial score (nSPS) is 15.8. The molecule has 1 amide bonds. The highest BCUT2D eigenvalue weighted by Gasteiger charge is 2.27. The van der Waals surface area contributed by atoms with Gasteiger partial charge in [-0.3, -0.25) is 9.59 Å². The number of nitrogens with one attached hydrogen (secondary N) is 2. The van der Waals surface area contributed by atoms with E-state index in [1.54, 1.807) is 25.3 Å². The van der Waals surface area contributed by atoms with Crippen LogP contribution in [0.15, 0.2) is 22.5 Å². The third kappa shape index (κ3) is 4.17. The van der Waals surface area contributed by atoms with Gasteiger partial charge in [0.1, 0.15) is 0 Å². The molecule has 0 fully saturated rings. The van der Waals surface area contributed by atoms with Crippen LogP contribution >= 0.6 is 23.1 Å². The van der Waals surface area contributed by atoms with Gasteiger partial charge in [-0.25, -0.2) is 0 Å². The number of nitrogens with zero attached hydrogens (tertiary/aromatic N) is 2. The van der Waals surface area contributed by atoms with Crippen LogP contribution in [0.5, 0.6) is 0 Å². The molecule has 7 nitrogen and oxygen atoms in total. The van der Waals surface area contributed by atoms with Crippen molar-refractivity contribution in [1.29, 1.82) is 0 Å². The van der Waals surface area contributed by atoms with Crippen molar-refractivity contribution in [2.45, 2.75) is 17.2 Å². The number of ketones is 1. The SMILES string of the molecule is COCCNc1nnc(SCC(=O)c2ccc3c(c2)[C@H](C)C(=O)N3)s1. The molecule has 0 bridgehead atoms. The summed E-state index contributed by atoms with van der Waals surface area (Å²) in [6, 6.07) is 5.34. The maximum Gasteiger partial charge on any atom is 0.231 e. The monoisotopic (exact) mass is 378 g/mol. The lowest BCUT2D eigenvalue weighted by Gasteiger charge is -2.04. The van der Waals surface area contributed by atoms with Gasteiger partial charge < -0.3 is 15.4 Å². The quantitative estimate of drug-likeness (QED) is 0.414. The average molecular weight is 378 g/mol. The van der Waals surface area contributed by atoms with Crippen molar-refractivity contribution < 1.29 is 14.3 Å². The van der Waals surface area contributed by atoms with Crippen molar-refractivity contribution in [3.63, 3.8) is 0 Å². The zero-order valence-corrected chi connectivity index (χ0v) is 15.5.